The Kier molecular flexibility index (Phi) is 9.27. The van der Waals surface area contributed by atoms with E-state index in [1.165, 1.54) is 20.8 Å². The number of halogens is 6. The molecule has 2 aliphatic rings. The molecule has 2 aliphatic heterocycles. The normalized spacial score (nSPS) is 21.1. The zero-order valence-electron chi connectivity index (χ0n) is 23.4. The fourth-order valence-corrected chi connectivity index (χ4v) is 5.05. The topological polar surface area (TPSA) is 119 Å². The van der Waals surface area contributed by atoms with Gasteiger partial charge in [-0.25, -0.2) is 4.79 Å². The molecule has 0 radical (unpaired) electrons. The largest absolute Gasteiger partial charge is 0.466 e. The first kappa shape index (κ1) is 32.8. The predicted octanol–water partition coefficient (Wildman–Crippen LogP) is 4.27. The third-order valence-electron chi connectivity index (χ3n) is 7.26. The van der Waals surface area contributed by atoms with Crippen LogP contribution in [-0.2, 0) is 15.8 Å². The molecule has 2 heterocycles. The van der Waals surface area contributed by atoms with E-state index in [0.717, 1.165) is 9.80 Å². The van der Waals surface area contributed by atoms with Crippen molar-refractivity contribution in [3.8, 4) is 5.75 Å². The van der Waals surface area contributed by atoms with Gasteiger partial charge < -0.3 is 29.9 Å². The summed E-state index contributed by atoms with van der Waals surface area (Å²) in [6.45, 7) is 4.11. The van der Waals surface area contributed by atoms with Gasteiger partial charge in [0.25, 0.3) is 17.4 Å². The van der Waals surface area contributed by atoms with Gasteiger partial charge in [0.2, 0.25) is 5.91 Å². The number of hydrogen-bond acceptors (Lipinski definition) is 5. The molecule has 4 amide bonds. The maximum Gasteiger partial charge on any atom is 0.437 e. The average molecular weight is 611 g/mol. The monoisotopic (exact) mass is 610 g/mol. The molecule has 0 saturated carbocycles. The number of piperidine rings is 1. The number of carbonyl (C=O) groups is 4. The van der Waals surface area contributed by atoms with Gasteiger partial charge in [0, 0.05) is 38.6 Å². The van der Waals surface area contributed by atoms with Gasteiger partial charge in [-0.05, 0) is 45.7 Å². The number of ether oxygens (including phenoxy) is 1. The molecule has 234 valence electrons. The molecule has 2 N–H and O–H groups in total. The van der Waals surface area contributed by atoms with E-state index in [2.05, 4.69) is 5.32 Å². The fraction of sp³-hybridized carbons (Fsp3) is 0.615. The summed E-state index contributed by atoms with van der Waals surface area (Å²) in [4.78, 5) is 52.9. The van der Waals surface area contributed by atoms with Crippen LogP contribution in [-0.4, -0.2) is 88.8 Å². The Balaban J connectivity index is 2.18. The first-order chi connectivity index (χ1) is 19.3. The van der Waals surface area contributed by atoms with Crippen LogP contribution < -0.4 is 15.0 Å². The second kappa shape index (κ2) is 11.9. The number of amides is 4. The van der Waals surface area contributed by atoms with Gasteiger partial charge in [-0.15, -0.1) is 0 Å². The lowest BCUT2D eigenvalue weighted by Crippen LogP contribution is -2.63. The van der Waals surface area contributed by atoms with Crippen molar-refractivity contribution in [3.05, 3.63) is 23.3 Å². The van der Waals surface area contributed by atoms with Gasteiger partial charge >= 0.3 is 18.4 Å². The van der Waals surface area contributed by atoms with Crippen molar-refractivity contribution in [1.82, 2.24) is 15.1 Å². The Morgan fingerprint density at radius 1 is 1.19 bits per heavy atom. The SMILES string of the molecule is CCC(=O)NCCN1C(=O)[C@](C)(C(F)(F)F)Oc2cc(C(F)(F)F)c(C(=O)N(C(C)C)[C@@H]3CCCN(C(=O)O)C3)cc21. The van der Waals surface area contributed by atoms with Crippen molar-refractivity contribution < 1.29 is 55.4 Å². The Hall–Kier alpha value is -3.72. The summed E-state index contributed by atoms with van der Waals surface area (Å²) in [7, 11) is 0. The number of nitrogens with one attached hydrogen (secondary N) is 1. The quantitative estimate of drug-likeness (QED) is 0.446. The van der Waals surface area contributed by atoms with Crippen LogP contribution in [0.3, 0.4) is 0 Å². The molecule has 0 bridgehead atoms. The van der Waals surface area contributed by atoms with Gasteiger partial charge in [-0.3, -0.25) is 14.4 Å². The van der Waals surface area contributed by atoms with Gasteiger partial charge in [0.15, 0.2) is 0 Å². The van der Waals surface area contributed by atoms with E-state index in [1.807, 2.05) is 0 Å². The summed E-state index contributed by atoms with van der Waals surface area (Å²) in [6.07, 6.45) is -11.1. The van der Waals surface area contributed by atoms with Crippen LogP contribution in [0.4, 0.5) is 36.8 Å². The maximum atomic E-state index is 14.3. The van der Waals surface area contributed by atoms with E-state index in [-0.39, 0.29) is 32.1 Å². The van der Waals surface area contributed by atoms with Gasteiger partial charge in [-0.2, -0.15) is 26.3 Å². The number of hydrogen-bond donors (Lipinski definition) is 2. The van der Waals surface area contributed by atoms with E-state index in [1.54, 1.807) is 0 Å². The zero-order valence-corrected chi connectivity index (χ0v) is 23.4. The summed E-state index contributed by atoms with van der Waals surface area (Å²) >= 11 is 0. The lowest BCUT2D eigenvalue weighted by molar-refractivity contribution is -0.236. The molecule has 3 rings (SSSR count). The van der Waals surface area contributed by atoms with E-state index in [4.69, 9.17) is 4.74 Å². The molecule has 0 aromatic heterocycles. The molecular weight excluding hydrogens is 578 g/mol. The van der Waals surface area contributed by atoms with Crippen LogP contribution in [0.15, 0.2) is 12.1 Å². The third-order valence-corrected chi connectivity index (χ3v) is 7.26. The van der Waals surface area contributed by atoms with Crippen LogP contribution >= 0.6 is 0 Å². The molecule has 16 heteroatoms. The molecular formula is C26H32F6N4O6. The first-order valence-corrected chi connectivity index (χ1v) is 13.2. The Bertz CT molecular complexity index is 1240. The lowest BCUT2D eigenvalue weighted by Gasteiger charge is -2.43. The van der Waals surface area contributed by atoms with Crippen molar-refractivity contribution in [2.75, 3.05) is 31.1 Å². The highest BCUT2D eigenvalue weighted by Crippen LogP contribution is 2.48. The smallest absolute Gasteiger partial charge is 0.437 e. The van der Waals surface area contributed by atoms with Gasteiger partial charge in [0.1, 0.15) is 5.75 Å². The Morgan fingerprint density at radius 3 is 2.36 bits per heavy atom. The number of carbonyl (C=O) groups excluding carboxylic acids is 3. The summed E-state index contributed by atoms with van der Waals surface area (Å²) in [5.74, 6) is -4.19. The van der Waals surface area contributed by atoms with Crippen LogP contribution in [0, 0.1) is 0 Å². The van der Waals surface area contributed by atoms with Crippen LogP contribution in [0.1, 0.15) is 62.9 Å². The highest BCUT2D eigenvalue weighted by molar-refractivity contribution is 6.05. The molecule has 1 aromatic carbocycles. The molecule has 1 fully saturated rings. The highest BCUT2D eigenvalue weighted by Gasteiger charge is 2.63. The number of carboxylic acid groups (broad SMARTS) is 1. The number of fused-ring (bicyclic) bond motifs is 1. The summed E-state index contributed by atoms with van der Waals surface area (Å²) in [6, 6.07) is -0.547. The minimum absolute atomic E-state index is 0.0347. The average Bonchev–Trinajstić information content (AvgIpc) is 2.88. The van der Waals surface area contributed by atoms with Crippen LogP contribution in [0.25, 0.3) is 0 Å². The third kappa shape index (κ3) is 6.36. The van der Waals surface area contributed by atoms with Crippen molar-refractivity contribution in [2.24, 2.45) is 0 Å². The van der Waals surface area contributed by atoms with Crippen molar-refractivity contribution in [3.63, 3.8) is 0 Å². The fourth-order valence-electron chi connectivity index (χ4n) is 5.05. The van der Waals surface area contributed by atoms with E-state index < -0.39 is 83.0 Å². The van der Waals surface area contributed by atoms with Crippen molar-refractivity contribution >= 4 is 29.5 Å². The number of rotatable bonds is 7. The van der Waals surface area contributed by atoms with Gasteiger partial charge in [-0.1, -0.05) is 6.92 Å². The molecule has 1 aromatic rings. The van der Waals surface area contributed by atoms with Crippen LogP contribution in [0.2, 0.25) is 0 Å². The Labute approximate surface area is 237 Å². The number of alkyl halides is 6. The molecule has 0 spiro atoms. The van der Waals surface area contributed by atoms with Crippen molar-refractivity contribution in [1.29, 1.82) is 0 Å². The minimum atomic E-state index is -5.33. The second-order valence-electron chi connectivity index (χ2n) is 10.5. The molecule has 0 aliphatic carbocycles. The molecule has 2 atom stereocenters. The zero-order chi connectivity index (χ0) is 31.8. The number of likely N-dealkylation sites (tertiary alicyclic amines) is 1. The predicted molar refractivity (Wildman–Crippen MR) is 136 cm³/mol. The Morgan fingerprint density at radius 2 is 1.83 bits per heavy atom. The van der Waals surface area contributed by atoms with Gasteiger partial charge in [0.05, 0.1) is 22.9 Å². The minimum Gasteiger partial charge on any atom is -0.466 e. The van der Waals surface area contributed by atoms with E-state index >= 15 is 0 Å². The standard InChI is InChI=1S/C26H32F6N4O6/c1-5-20(37)33-8-10-35-18-11-16(21(38)36(14(2)3)15-7-6-9-34(13-15)23(40)41)17(25(27,28)29)12-19(18)42-24(4,22(35)39)26(30,31)32/h11-12,14-15H,5-10,13H2,1-4H3,(H,33,37)(H,40,41)/t15-,24-/m1/s1. The lowest BCUT2D eigenvalue weighted by atomic mass is 9.95. The molecule has 10 nitrogen and oxygen atoms in total. The highest BCUT2D eigenvalue weighted by atomic mass is 19.4. The van der Waals surface area contributed by atoms with Crippen LogP contribution in [0.5, 0.6) is 5.75 Å². The first-order valence-electron chi connectivity index (χ1n) is 13.2. The maximum absolute atomic E-state index is 14.3. The molecule has 0 unspecified atom stereocenters. The summed E-state index contributed by atoms with van der Waals surface area (Å²) in [5, 5.41) is 11.8. The number of anilines is 1. The molecule has 42 heavy (non-hydrogen) atoms. The molecule has 1 saturated heterocycles. The van der Waals surface area contributed by atoms with E-state index in [9.17, 15) is 50.6 Å². The summed E-state index contributed by atoms with van der Waals surface area (Å²) < 4.78 is 89.9. The second-order valence-corrected chi connectivity index (χ2v) is 10.5. The summed E-state index contributed by atoms with van der Waals surface area (Å²) in [5.41, 5.74) is -6.59. The van der Waals surface area contributed by atoms with Crippen molar-refractivity contribution in [2.45, 2.75) is 77.0 Å². The number of nitrogens with zero attached hydrogens (tertiary/aromatic N) is 3. The van der Waals surface area contributed by atoms with E-state index in [0.29, 0.717) is 30.7 Å². The number of benzene rings is 1.